The molecule has 5 nitrogen and oxygen atoms in total. The Hall–Kier alpha value is -1.26. The van der Waals surface area contributed by atoms with Gasteiger partial charge in [-0.25, -0.2) is 9.59 Å². The maximum Gasteiger partial charge on any atom is 0.411 e. The number of methoxy groups -OCH3 is 1. The van der Waals surface area contributed by atoms with Gasteiger partial charge in [0.2, 0.25) is 0 Å². The van der Waals surface area contributed by atoms with Crippen molar-refractivity contribution in [3.8, 4) is 0 Å². The minimum Gasteiger partial charge on any atom is -0.467 e. The molecule has 1 aliphatic heterocycles. The van der Waals surface area contributed by atoms with Crippen LogP contribution in [0.5, 0.6) is 0 Å². The van der Waals surface area contributed by atoms with E-state index in [1.54, 1.807) is 20.8 Å². The predicted molar refractivity (Wildman–Crippen MR) is 62.5 cm³/mol. The number of carbonyl (C=O) groups is 2. The normalized spacial score (nSPS) is 24.6. The Bertz CT molecular complexity index is 308. The minimum atomic E-state index is -0.552. The highest BCUT2D eigenvalue weighted by molar-refractivity contribution is 5.82. The molecule has 98 valence electrons. The number of hydrogen-bond acceptors (Lipinski definition) is 4. The maximum absolute atomic E-state index is 11.9. The van der Waals surface area contributed by atoms with Gasteiger partial charge in [0, 0.05) is 6.54 Å². The monoisotopic (exact) mass is 243 g/mol. The fourth-order valence-electron chi connectivity index (χ4n) is 1.95. The van der Waals surface area contributed by atoms with E-state index in [9.17, 15) is 9.59 Å². The van der Waals surface area contributed by atoms with Gasteiger partial charge in [-0.3, -0.25) is 4.90 Å². The standard InChI is InChI=1S/C12H21NO4/c1-8-6-7-13(9(8)10(14)16-5)11(15)17-12(2,3)4/h8-9H,6-7H2,1-5H3/t8-,9+/m0/s1. The zero-order chi connectivity index (χ0) is 13.2. The van der Waals surface area contributed by atoms with Gasteiger partial charge in [-0.2, -0.15) is 0 Å². The van der Waals surface area contributed by atoms with Crippen molar-refractivity contribution < 1.29 is 19.1 Å². The van der Waals surface area contributed by atoms with E-state index in [4.69, 9.17) is 9.47 Å². The van der Waals surface area contributed by atoms with Gasteiger partial charge >= 0.3 is 12.1 Å². The molecule has 0 bridgehead atoms. The summed E-state index contributed by atoms with van der Waals surface area (Å²) in [7, 11) is 1.33. The Kier molecular flexibility index (Phi) is 4.01. The first-order chi connectivity index (χ1) is 7.76. The van der Waals surface area contributed by atoms with Gasteiger partial charge in [0.1, 0.15) is 11.6 Å². The van der Waals surface area contributed by atoms with Crippen molar-refractivity contribution in [2.24, 2.45) is 5.92 Å². The Balaban J connectivity index is 2.76. The first kappa shape index (κ1) is 13.8. The molecule has 0 aromatic carbocycles. The topological polar surface area (TPSA) is 55.8 Å². The fraction of sp³-hybridized carbons (Fsp3) is 0.833. The van der Waals surface area contributed by atoms with Crippen molar-refractivity contribution >= 4 is 12.1 Å². The predicted octanol–water partition coefficient (Wildman–Crippen LogP) is 1.80. The number of likely N-dealkylation sites (tertiary alicyclic amines) is 1. The Morgan fingerprint density at radius 2 is 1.88 bits per heavy atom. The molecule has 0 spiro atoms. The van der Waals surface area contributed by atoms with Crippen LogP contribution in [0.3, 0.4) is 0 Å². The molecule has 0 N–H and O–H groups in total. The van der Waals surface area contributed by atoms with Crippen LogP contribution in [0, 0.1) is 5.92 Å². The number of ether oxygens (including phenoxy) is 2. The molecule has 2 atom stereocenters. The summed E-state index contributed by atoms with van der Waals surface area (Å²) >= 11 is 0. The summed E-state index contributed by atoms with van der Waals surface area (Å²) in [4.78, 5) is 25.0. The molecule has 1 aliphatic rings. The van der Waals surface area contributed by atoms with Gasteiger partial charge in [-0.15, -0.1) is 0 Å². The fourth-order valence-corrected chi connectivity index (χ4v) is 1.95. The Morgan fingerprint density at radius 3 is 2.35 bits per heavy atom. The number of esters is 1. The largest absolute Gasteiger partial charge is 0.467 e. The number of hydrogen-bond donors (Lipinski definition) is 0. The van der Waals surface area contributed by atoms with Crippen molar-refractivity contribution in [2.45, 2.75) is 45.8 Å². The lowest BCUT2D eigenvalue weighted by atomic mass is 10.0. The number of rotatable bonds is 1. The van der Waals surface area contributed by atoms with Crippen LogP contribution < -0.4 is 0 Å². The summed E-state index contributed by atoms with van der Waals surface area (Å²) < 4.78 is 10.0. The smallest absolute Gasteiger partial charge is 0.411 e. The Labute approximate surface area is 102 Å². The van der Waals surface area contributed by atoms with E-state index >= 15 is 0 Å². The van der Waals surface area contributed by atoms with Gasteiger partial charge in [0.15, 0.2) is 0 Å². The molecule has 1 fully saturated rings. The molecule has 1 amide bonds. The molecule has 1 heterocycles. The van der Waals surface area contributed by atoms with Crippen molar-refractivity contribution in [2.75, 3.05) is 13.7 Å². The highest BCUT2D eigenvalue weighted by Crippen LogP contribution is 2.26. The molecule has 0 aliphatic carbocycles. The second-order valence-corrected chi connectivity index (χ2v) is 5.41. The minimum absolute atomic E-state index is 0.106. The summed E-state index contributed by atoms with van der Waals surface area (Å²) in [5.74, 6) is -0.268. The highest BCUT2D eigenvalue weighted by atomic mass is 16.6. The van der Waals surface area contributed by atoms with Crippen LogP contribution in [-0.4, -0.2) is 42.3 Å². The van der Waals surface area contributed by atoms with E-state index in [0.29, 0.717) is 6.54 Å². The first-order valence-corrected chi connectivity index (χ1v) is 5.83. The quantitative estimate of drug-likeness (QED) is 0.659. The molecule has 1 saturated heterocycles. The third-order valence-corrected chi connectivity index (χ3v) is 2.77. The molecule has 0 unspecified atom stereocenters. The van der Waals surface area contributed by atoms with Crippen LogP contribution in [0.4, 0.5) is 4.79 Å². The third-order valence-electron chi connectivity index (χ3n) is 2.77. The molecule has 0 radical (unpaired) electrons. The third kappa shape index (κ3) is 3.35. The van der Waals surface area contributed by atoms with E-state index in [1.165, 1.54) is 12.0 Å². The zero-order valence-electron chi connectivity index (χ0n) is 11.1. The molecular weight excluding hydrogens is 222 g/mol. The summed E-state index contributed by atoms with van der Waals surface area (Å²) in [6.07, 6.45) is 0.344. The number of nitrogens with zero attached hydrogens (tertiary/aromatic N) is 1. The maximum atomic E-state index is 11.9. The molecule has 0 saturated carbocycles. The average Bonchev–Trinajstić information content (AvgIpc) is 2.56. The lowest BCUT2D eigenvalue weighted by Crippen LogP contribution is -2.45. The number of amides is 1. The van der Waals surface area contributed by atoms with Crippen LogP contribution in [0.25, 0.3) is 0 Å². The van der Waals surface area contributed by atoms with Crippen LogP contribution in [-0.2, 0) is 14.3 Å². The summed E-state index contributed by atoms with van der Waals surface area (Å²) in [5.41, 5.74) is -0.552. The number of carbonyl (C=O) groups excluding carboxylic acids is 2. The molecular formula is C12H21NO4. The van der Waals surface area contributed by atoms with Crippen molar-refractivity contribution in [1.82, 2.24) is 4.90 Å². The first-order valence-electron chi connectivity index (χ1n) is 5.83. The van der Waals surface area contributed by atoms with Gasteiger partial charge in [-0.1, -0.05) is 6.92 Å². The van der Waals surface area contributed by atoms with Crippen LogP contribution >= 0.6 is 0 Å². The second kappa shape index (κ2) is 4.94. The summed E-state index contributed by atoms with van der Waals surface area (Å²) in [5, 5.41) is 0. The van der Waals surface area contributed by atoms with Crippen molar-refractivity contribution in [3.63, 3.8) is 0 Å². The highest BCUT2D eigenvalue weighted by Gasteiger charge is 2.41. The van der Waals surface area contributed by atoms with Gasteiger partial charge < -0.3 is 9.47 Å². The zero-order valence-corrected chi connectivity index (χ0v) is 11.1. The van der Waals surface area contributed by atoms with E-state index in [1.807, 2.05) is 6.92 Å². The average molecular weight is 243 g/mol. The SMILES string of the molecule is COC(=O)[C@H]1[C@@H](C)CCN1C(=O)OC(C)(C)C. The lowest BCUT2D eigenvalue weighted by Gasteiger charge is -2.28. The molecule has 0 aromatic heterocycles. The van der Waals surface area contributed by atoms with Crippen LogP contribution in [0.1, 0.15) is 34.1 Å². The van der Waals surface area contributed by atoms with Crippen LogP contribution in [0.15, 0.2) is 0 Å². The second-order valence-electron chi connectivity index (χ2n) is 5.41. The van der Waals surface area contributed by atoms with Crippen molar-refractivity contribution in [3.05, 3.63) is 0 Å². The molecule has 17 heavy (non-hydrogen) atoms. The lowest BCUT2D eigenvalue weighted by molar-refractivity contribution is -0.146. The summed E-state index contributed by atoms with van der Waals surface area (Å²) in [6.45, 7) is 7.88. The molecule has 0 aromatic rings. The van der Waals surface area contributed by atoms with E-state index in [2.05, 4.69) is 0 Å². The van der Waals surface area contributed by atoms with E-state index in [0.717, 1.165) is 6.42 Å². The Morgan fingerprint density at radius 1 is 1.29 bits per heavy atom. The van der Waals surface area contributed by atoms with E-state index in [-0.39, 0.29) is 11.9 Å². The van der Waals surface area contributed by atoms with Crippen molar-refractivity contribution in [1.29, 1.82) is 0 Å². The van der Waals surface area contributed by atoms with Gasteiger partial charge in [0.25, 0.3) is 0 Å². The van der Waals surface area contributed by atoms with E-state index < -0.39 is 17.7 Å². The summed E-state index contributed by atoms with van der Waals surface area (Å²) in [6, 6.07) is -0.519. The molecule has 5 heteroatoms. The van der Waals surface area contributed by atoms with Gasteiger partial charge in [-0.05, 0) is 33.1 Å². The van der Waals surface area contributed by atoms with Gasteiger partial charge in [0.05, 0.1) is 7.11 Å². The van der Waals surface area contributed by atoms with Crippen LogP contribution in [0.2, 0.25) is 0 Å². The molecule has 1 rings (SSSR count).